The van der Waals surface area contributed by atoms with Gasteiger partial charge in [0.25, 0.3) is 5.56 Å². The van der Waals surface area contributed by atoms with E-state index in [1.54, 1.807) is 11.7 Å². The quantitative estimate of drug-likeness (QED) is 0.194. The standard InChI is InChI=1S/C34H30N4O5S.CH4/c1-3-25-18-28-30(39)38(20-34(16-17-34)23-12-14-24(42-2)15-13-23)33(41)37(31(28)44-25)19-21-8-10-22(11-9-21)26-6-4-5-7-27(26)29-35-32(40)43-36-29;/h4-15,18H,3,16-17,19-20H2,1-2H3,(H,35,36,40);1H4/p-1. The van der Waals surface area contributed by atoms with Gasteiger partial charge in [0.2, 0.25) is 0 Å². The van der Waals surface area contributed by atoms with Crippen LogP contribution in [0.15, 0.2) is 93.0 Å². The summed E-state index contributed by atoms with van der Waals surface area (Å²) in [6.07, 6.45) is 1.87. The number of fused-ring (bicyclic) bond motifs is 1. The number of aryl methyl sites for hydroxylation is 1. The molecule has 0 unspecified atom stereocenters. The predicted molar refractivity (Wildman–Crippen MR) is 174 cm³/mol. The molecule has 0 atom stereocenters. The molecule has 6 aromatic rings. The van der Waals surface area contributed by atoms with Gasteiger partial charge in [0, 0.05) is 22.4 Å². The largest absolute Gasteiger partial charge is 0.528 e. The van der Waals surface area contributed by atoms with E-state index in [4.69, 9.17) is 4.74 Å². The van der Waals surface area contributed by atoms with Crippen molar-refractivity contribution in [3.05, 3.63) is 116 Å². The average Bonchev–Trinajstić information content (AvgIpc) is 3.50. The Morgan fingerprint density at radius 3 is 2.31 bits per heavy atom. The van der Waals surface area contributed by atoms with Gasteiger partial charge in [0.1, 0.15) is 10.6 Å². The highest BCUT2D eigenvalue weighted by atomic mass is 32.1. The summed E-state index contributed by atoms with van der Waals surface area (Å²) in [5.74, 6) is 1.01. The van der Waals surface area contributed by atoms with Crippen LogP contribution in [0.3, 0.4) is 0 Å². The summed E-state index contributed by atoms with van der Waals surface area (Å²) >= 11 is 1.50. The Labute approximate surface area is 264 Å². The highest BCUT2D eigenvalue weighted by Crippen LogP contribution is 2.49. The maximum absolute atomic E-state index is 14.1. The van der Waals surface area contributed by atoms with Crippen molar-refractivity contribution in [2.75, 3.05) is 7.11 Å². The molecule has 0 N–H and O–H groups in total. The van der Waals surface area contributed by atoms with Gasteiger partial charge in [-0.05, 0) is 59.7 Å². The zero-order valence-corrected chi connectivity index (χ0v) is 25.1. The van der Waals surface area contributed by atoms with Gasteiger partial charge in [-0.2, -0.15) is 5.16 Å². The SMILES string of the molecule is C.CCc1cc2c(=O)n(CC3(c4ccc(OC)cc4)CC3)c(=O)n(Cc3ccc(-c4ccccc4-c4noc([O-])n4)cc3)c2s1. The van der Waals surface area contributed by atoms with E-state index < -0.39 is 6.08 Å². The Morgan fingerprint density at radius 1 is 0.978 bits per heavy atom. The molecule has 10 heteroatoms. The van der Waals surface area contributed by atoms with Gasteiger partial charge >= 0.3 is 5.69 Å². The summed E-state index contributed by atoms with van der Waals surface area (Å²) in [5.41, 5.74) is 3.70. The van der Waals surface area contributed by atoms with Crippen LogP contribution < -0.4 is 21.1 Å². The molecule has 0 radical (unpaired) electrons. The molecule has 1 saturated carbocycles. The molecule has 9 nitrogen and oxygen atoms in total. The summed E-state index contributed by atoms with van der Waals surface area (Å²) in [4.78, 5) is 33.5. The molecule has 3 heterocycles. The van der Waals surface area contributed by atoms with Crippen molar-refractivity contribution in [2.24, 2.45) is 0 Å². The Hall–Kier alpha value is -4.96. The molecule has 0 aliphatic heterocycles. The smallest absolute Gasteiger partial charge is 0.332 e. The summed E-state index contributed by atoms with van der Waals surface area (Å²) in [6.45, 7) is 2.71. The second kappa shape index (κ2) is 11.9. The number of rotatable bonds is 9. The lowest BCUT2D eigenvalue weighted by atomic mass is 9.95. The van der Waals surface area contributed by atoms with Gasteiger partial charge in [-0.15, -0.1) is 11.3 Å². The van der Waals surface area contributed by atoms with Crippen LogP contribution in [0, 0.1) is 0 Å². The van der Waals surface area contributed by atoms with E-state index in [0.717, 1.165) is 52.1 Å². The minimum absolute atomic E-state index is 0. The number of hydrogen-bond donors (Lipinski definition) is 0. The van der Waals surface area contributed by atoms with Gasteiger partial charge < -0.3 is 14.4 Å². The third-order valence-corrected chi connectivity index (χ3v) is 9.79. The predicted octanol–water partition coefficient (Wildman–Crippen LogP) is 6.00. The van der Waals surface area contributed by atoms with E-state index in [1.807, 2.05) is 78.9 Å². The molecule has 0 spiro atoms. The van der Waals surface area contributed by atoms with Crippen LogP contribution in [-0.2, 0) is 24.9 Å². The molecule has 3 aromatic carbocycles. The first-order valence-corrected chi connectivity index (χ1v) is 15.3. The Balaban J connectivity index is 0.00000357. The fourth-order valence-corrected chi connectivity index (χ4v) is 6.94. The summed E-state index contributed by atoms with van der Waals surface area (Å²) < 4.78 is 13.2. The number of hydrogen-bond acceptors (Lipinski definition) is 8. The lowest BCUT2D eigenvalue weighted by molar-refractivity contribution is -0.303. The first-order valence-electron chi connectivity index (χ1n) is 14.5. The van der Waals surface area contributed by atoms with Gasteiger partial charge in [-0.25, -0.2) is 9.78 Å². The van der Waals surface area contributed by atoms with Crippen LogP contribution in [-0.4, -0.2) is 26.4 Å². The highest BCUT2D eigenvalue weighted by molar-refractivity contribution is 7.18. The summed E-state index contributed by atoms with van der Waals surface area (Å²) in [7, 11) is 1.64. The molecule has 0 bridgehead atoms. The van der Waals surface area contributed by atoms with Crippen molar-refractivity contribution >= 4 is 21.6 Å². The monoisotopic (exact) mass is 621 g/mol. The van der Waals surface area contributed by atoms with Crippen molar-refractivity contribution in [2.45, 2.75) is 52.1 Å². The molecule has 7 rings (SSSR count). The number of methoxy groups -OCH3 is 1. The normalized spacial score (nSPS) is 13.5. The summed E-state index contributed by atoms with van der Waals surface area (Å²) in [5, 5.41) is 15.9. The first kappa shape index (κ1) is 30.1. The average molecular weight is 622 g/mol. The third kappa shape index (κ3) is 5.46. The second-order valence-electron chi connectivity index (χ2n) is 11.2. The second-order valence-corrected chi connectivity index (χ2v) is 12.3. The van der Waals surface area contributed by atoms with Gasteiger partial charge in [-0.3, -0.25) is 13.9 Å². The zero-order chi connectivity index (χ0) is 30.4. The van der Waals surface area contributed by atoms with Gasteiger partial charge in [0.15, 0.2) is 11.9 Å². The molecule has 230 valence electrons. The number of benzene rings is 3. The molecule has 3 aromatic heterocycles. The van der Waals surface area contributed by atoms with E-state index in [0.29, 0.717) is 28.9 Å². The van der Waals surface area contributed by atoms with Crippen molar-refractivity contribution in [1.29, 1.82) is 0 Å². The zero-order valence-electron chi connectivity index (χ0n) is 24.3. The minimum Gasteiger partial charge on any atom is -0.528 e. The summed E-state index contributed by atoms with van der Waals surface area (Å²) in [6, 6.07) is 25.3. The van der Waals surface area contributed by atoms with Gasteiger partial charge in [-0.1, -0.05) is 75.0 Å². The van der Waals surface area contributed by atoms with E-state index in [-0.39, 0.29) is 29.9 Å². The fraction of sp³-hybridized carbons (Fsp3) is 0.257. The minimum atomic E-state index is -0.736. The molecular weight excluding hydrogens is 588 g/mol. The number of ether oxygens (including phenoxy) is 1. The van der Waals surface area contributed by atoms with E-state index >= 15 is 0 Å². The van der Waals surface area contributed by atoms with E-state index in [1.165, 1.54) is 15.9 Å². The Morgan fingerprint density at radius 2 is 1.69 bits per heavy atom. The number of thiophene rings is 1. The van der Waals surface area contributed by atoms with Crippen LogP contribution >= 0.6 is 11.3 Å². The lowest BCUT2D eigenvalue weighted by Crippen LogP contribution is -2.42. The molecular formula is C35H33N4O5S-. The van der Waals surface area contributed by atoms with Crippen LogP contribution in [0.2, 0.25) is 0 Å². The molecule has 1 fully saturated rings. The highest BCUT2D eigenvalue weighted by Gasteiger charge is 2.45. The molecule has 0 amide bonds. The fourth-order valence-electron chi connectivity index (χ4n) is 5.86. The maximum Gasteiger partial charge on any atom is 0.332 e. The Bertz CT molecular complexity index is 2100. The maximum atomic E-state index is 14.1. The number of aromatic nitrogens is 4. The Kier molecular flexibility index (Phi) is 7.92. The van der Waals surface area contributed by atoms with Crippen LogP contribution in [0.5, 0.6) is 11.8 Å². The van der Waals surface area contributed by atoms with Crippen LogP contribution in [0.1, 0.15) is 43.2 Å². The van der Waals surface area contributed by atoms with E-state index in [9.17, 15) is 14.7 Å². The molecule has 1 aliphatic carbocycles. The van der Waals surface area contributed by atoms with Gasteiger partial charge in [0.05, 0.1) is 19.0 Å². The van der Waals surface area contributed by atoms with Crippen molar-refractivity contribution < 1.29 is 14.4 Å². The van der Waals surface area contributed by atoms with Crippen molar-refractivity contribution in [3.8, 4) is 34.3 Å². The van der Waals surface area contributed by atoms with Crippen molar-refractivity contribution in [3.63, 3.8) is 0 Å². The van der Waals surface area contributed by atoms with Crippen LogP contribution in [0.4, 0.5) is 0 Å². The van der Waals surface area contributed by atoms with Crippen molar-refractivity contribution in [1.82, 2.24) is 19.3 Å². The van der Waals surface area contributed by atoms with E-state index in [2.05, 4.69) is 21.6 Å². The molecule has 1 aliphatic rings. The third-order valence-electron chi connectivity index (χ3n) is 8.49. The topological polar surface area (TPSA) is 115 Å². The first-order chi connectivity index (χ1) is 21.4. The molecule has 45 heavy (non-hydrogen) atoms. The van der Waals surface area contributed by atoms with Crippen LogP contribution in [0.25, 0.3) is 32.7 Å². The molecule has 0 saturated heterocycles. The lowest BCUT2D eigenvalue weighted by Gasteiger charge is -2.19. The number of nitrogens with zero attached hydrogens (tertiary/aromatic N) is 4.